The van der Waals surface area contributed by atoms with Crippen molar-refractivity contribution in [2.45, 2.75) is 19.4 Å². The van der Waals surface area contributed by atoms with Crippen LogP contribution in [0.1, 0.15) is 19.4 Å². The van der Waals surface area contributed by atoms with Gasteiger partial charge in [-0.15, -0.1) is 0 Å². The van der Waals surface area contributed by atoms with E-state index in [1.54, 1.807) is 26.0 Å². The Kier molecular flexibility index (Phi) is 2.52. The Morgan fingerprint density at radius 1 is 1.38 bits per heavy atom. The molecule has 1 nitrogen and oxygen atoms in total. The molecule has 0 fully saturated rings. The van der Waals surface area contributed by atoms with Gasteiger partial charge in [-0.05, 0) is 37.1 Å². The lowest BCUT2D eigenvalue weighted by Gasteiger charge is -2.24. The van der Waals surface area contributed by atoms with E-state index in [0.29, 0.717) is 11.1 Å². The van der Waals surface area contributed by atoms with Crippen LogP contribution < -0.4 is 0 Å². The van der Waals surface area contributed by atoms with Crippen LogP contribution in [0.15, 0.2) is 36.4 Å². The normalized spacial score (nSPS) is 15.1. The highest BCUT2D eigenvalue weighted by atomic mass is 19.1. The summed E-state index contributed by atoms with van der Waals surface area (Å²) in [5.74, 6) is -0.304. The average molecular weight is 180 g/mol. The van der Waals surface area contributed by atoms with E-state index in [1.165, 1.54) is 12.1 Å². The van der Waals surface area contributed by atoms with Gasteiger partial charge in [0.2, 0.25) is 0 Å². The Hall–Kier alpha value is -1.15. The lowest BCUT2D eigenvalue weighted by atomic mass is 9.90. The fourth-order valence-electron chi connectivity index (χ4n) is 1.02. The third-order valence-electron chi connectivity index (χ3n) is 2.24. The van der Waals surface area contributed by atoms with Crippen molar-refractivity contribution in [2.75, 3.05) is 0 Å². The Morgan fingerprint density at radius 3 is 2.23 bits per heavy atom. The summed E-state index contributed by atoms with van der Waals surface area (Å²) in [6.07, 6.45) is 0. The minimum Gasteiger partial charge on any atom is -0.381 e. The zero-order valence-electron chi connectivity index (χ0n) is 7.84. The Bertz CT molecular complexity index is 311. The van der Waals surface area contributed by atoms with E-state index in [-0.39, 0.29) is 5.82 Å². The van der Waals surface area contributed by atoms with Gasteiger partial charge in [-0.3, -0.25) is 0 Å². The van der Waals surface area contributed by atoms with Crippen LogP contribution >= 0.6 is 0 Å². The van der Waals surface area contributed by atoms with E-state index in [9.17, 15) is 9.50 Å². The van der Waals surface area contributed by atoms with Gasteiger partial charge in [-0.1, -0.05) is 18.7 Å². The van der Waals surface area contributed by atoms with Crippen LogP contribution in [0.3, 0.4) is 0 Å². The van der Waals surface area contributed by atoms with Crippen molar-refractivity contribution in [1.29, 1.82) is 0 Å². The van der Waals surface area contributed by atoms with Gasteiger partial charge >= 0.3 is 0 Å². The van der Waals surface area contributed by atoms with Crippen molar-refractivity contribution in [1.82, 2.24) is 0 Å². The molecule has 1 aromatic carbocycles. The molecule has 70 valence electrons. The van der Waals surface area contributed by atoms with Crippen LogP contribution in [0.4, 0.5) is 4.39 Å². The minimum absolute atomic E-state index is 0.304. The maximum Gasteiger partial charge on any atom is 0.123 e. The van der Waals surface area contributed by atoms with Crippen LogP contribution in [0.25, 0.3) is 0 Å². The predicted octanol–water partition coefficient (Wildman–Crippen LogP) is 2.61. The maximum atomic E-state index is 12.6. The minimum atomic E-state index is -1.08. The van der Waals surface area contributed by atoms with Crippen molar-refractivity contribution in [3.63, 3.8) is 0 Å². The average Bonchev–Trinajstić information content (AvgIpc) is 2.04. The monoisotopic (exact) mass is 180 g/mol. The first kappa shape index (κ1) is 9.93. The van der Waals surface area contributed by atoms with Crippen LogP contribution in [0, 0.1) is 5.82 Å². The van der Waals surface area contributed by atoms with Gasteiger partial charge in [-0.2, -0.15) is 0 Å². The van der Waals surface area contributed by atoms with Gasteiger partial charge in [0.25, 0.3) is 0 Å². The predicted molar refractivity (Wildman–Crippen MR) is 50.8 cm³/mol. The van der Waals surface area contributed by atoms with Crippen LogP contribution in [0.2, 0.25) is 0 Å². The van der Waals surface area contributed by atoms with Gasteiger partial charge in [0, 0.05) is 0 Å². The molecule has 0 aliphatic rings. The van der Waals surface area contributed by atoms with E-state index in [0.717, 1.165) is 0 Å². The van der Waals surface area contributed by atoms with Crippen LogP contribution in [0.5, 0.6) is 0 Å². The fraction of sp³-hybridized carbons (Fsp3) is 0.273. The Labute approximate surface area is 77.5 Å². The summed E-state index contributed by atoms with van der Waals surface area (Å²) in [6, 6.07) is 5.77. The zero-order chi connectivity index (χ0) is 10.1. The summed E-state index contributed by atoms with van der Waals surface area (Å²) in [5.41, 5.74) is 0.216. The zero-order valence-corrected chi connectivity index (χ0v) is 7.84. The summed E-state index contributed by atoms with van der Waals surface area (Å²) in [6.45, 7) is 7.06. The Balaban J connectivity index is 3.08. The van der Waals surface area contributed by atoms with E-state index in [2.05, 4.69) is 6.58 Å². The second-order valence-electron chi connectivity index (χ2n) is 3.36. The first-order valence-corrected chi connectivity index (χ1v) is 4.09. The molecule has 2 heteroatoms. The maximum absolute atomic E-state index is 12.6. The lowest BCUT2D eigenvalue weighted by molar-refractivity contribution is 0.0980. The number of hydrogen-bond acceptors (Lipinski definition) is 1. The number of rotatable bonds is 2. The molecular weight excluding hydrogens is 167 g/mol. The van der Waals surface area contributed by atoms with Crippen molar-refractivity contribution < 1.29 is 9.50 Å². The number of aliphatic hydroxyl groups is 1. The first-order chi connectivity index (χ1) is 5.94. The van der Waals surface area contributed by atoms with Gasteiger partial charge in [-0.25, -0.2) is 4.39 Å². The molecule has 1 N–H and O–H groups in total. The van der Waals surface area contributed by atoms with E-state index >= 15 is 0 Å². The highest BCUT2D eigenvalue weighted by Crippen LogP contribution is 2.27. The highest BCUT2D eigenvalue weighted by Gasteiger charge is 2.23. The van der Waals surface area contributed by atoms with Gasteiger partial charge in [0.05, 0.1) is 0 Å². The lowest BCUT2D eigenvalue weighted by Crippen LogP contribution is -2.21. The highest BCUT2D eigenvalue weighted by molar-refractivity contribution is 5.29. The smallest absolute Gasteiger partial charge is 0.123 e. The molecule has 13 heavy (non-hydrogen) atoms. The van der Waals surface area contributed by atoms with Gasteiger partial charge < -0.3 is 5.11 Å². The van der Waals surface area contributed by atoms with Crippen molar-refractivity contribution in [2.24, 2.45) is 0 Å². The fourth-order valence-corrected chi connectivity index (χ4v) is 1.02. The molecule has 0 aliphatic carbocycles. The Morgan fingerprint density at radius 2 is 1.85 bits per heavy atom. The summed E-state index contributed by atoms with van der Waals surface area (Å²) in [4.78, 5) is 0. The van der Waals surface area contributed by atoms with E-state index in [1.807, 2.05) is 0 Å². The summed E-state index contributed by atoms with van der Waals surface area (Å²) in [5, 5.41) is 9.93. The molecule has 1 unspecified atom stereocenters. The molecule has 0 spiro atoms. The number of halogens is 1. The van der Waals surface area contributed by atoms with Crippen LogP contribution in [-0.2, 0) is 5.60 Å². The molecule has 0 aromatic heterocycles. The molecular formula is C11H13FO. The topological polar surface area (TPSA) is 20.2 Å². The first-order valence-electron chi connectivity index (χ1n) is 4.09. The molecule has 0 amide bonds. The SMILES string of the molecule is C=C(C)C(C)(O)c1ccc(F)cc1. The molecule has 0 radical (unpaired) electrons. The molecule has 1 rings (SSSR count). The van der Waals surface area contributed by atoms with Crippen molar-refractivity contribution in [3.8, 4) is 0 Å². The quantitative estimate of drug-likeness (QED) is 0.693. The van der Waals surface area contributed by atoms with Gasteiger partial charge in [0.1, 0.15) is 11.4 Å². The molecule has 1 aromatic rings. The largest absolute Gasteiger partial charge is 0.381 e. The van der Waals surface area contributed by atoms with Crippen LogP contribution in [-0.4, -0.2) is 5.11 Å². The standard InChI is InChI=1S/C11H13FO/c1-8(2)11(3,13)9-4-6-10(12)7-5-9/h4-7,13H,1H2,2-3H3. The van der Waals surface area contributed by atoms with Crippen molar-refractivity contribution >= 4 is 0 Å². The van der Waals surface area contributed by atoms with Crippen molar-refractivity contribution in [3.05, 3.63) is 47.8 Å². The molecule has 0 aliphatic heterocycles. The van der Waals surface area contributed by atoms with Gasteiger partial charge in [0.15, 0.2) is 0 Å². The molecule has 1 atom stereocenters. The second-order valence-corrected chi connectivity index (χ2v) is 3.36. The summed E-state index contributed by atoms with van der Waals surface area (Å²) in [7, 11) is 0. The summed E-state index contributed by atoms with van der Waals surface area (Å²) >= 11 is 0. The molecule has 0 heterocycles. The summed E-state index contributed by atoms with van der Waals surface area (Å²) < 4.78 is 12.6. The molecule has 0 bridgehead atoms. The third-order valence-corrected chi connectivity index (χ3v) is 2.24. The third kappa shape index (κ3) is 1.95. The second kappa shape index (κ2) is 3.30. The number of benzene rings is 1. The number of hydrogen-bond donors (Lipinski definition) is 1. The van der Waals surface area contributed by atoms with E-state index < -0.39 is 5.60 Å². The molecule has 0 saturated carbocycles. The van der Waals surface area contributed by atoms with E-state index in [4.69, 9.17) is 0 Å². The molecule has 0 saturated heterocycles.